The molecule has 0 saturated carbocycles. The maximum atomic E-state index is 12.2. The monoisotopic (exact) mass is 300 g/mol. The first-order valence-electron chi connectivity index (χ1n) is 6.75. The summed E-state index contributed by atoms with van der Waals surface area (Å²) in [5.41, 5.74) is 0. The molecule has 1 atom stereocenters. The summed E-state index contributed by atoms with van der Waals surface area (Å²) in [4.78, 5) is 13.9. The van der Waals surface area contributed by atoms with Crippen molar-refractivity contribution in [2.75, 3.05) is 19.3 Å². The van der Waals surface area contributed by atoms with Crippen molar-refractivity contribution in [3.05, 3.63) is 24.2 Å². The zero-order valence-corrected chi connectivity index (χ0v) is 12.4. The highest BCUT2D eigenvalue weighted by atomic mass is 32.2. The lowest BCUT2D eigenvalue weighted by atomic mass is 10.2. The van der Waals surface area contributed by atoms with Crippen molar-refractivity contribution in [2.24, 2.45) is 0 Å². The lowest BCUT2D eigenvalue weighted by Crippen LogP contribution is -2.41. The predicted molar refractivity (Wildman–Crippen MR) is 74.6 cm³/mol. The average Bonchev–Trinajstić information content (AvgIpc) is 3.06. The van der Waals surface area contributed by atoms with E-state index in [0.717, 1.165) is 18.6 Å². The van der Waals surface area contributed by atoms with E-state index in [9.17, 15) is 13.2 Å². The number of carbonyl (C=O) groups excluding carboxylic acids is 1. The molecule has 1 aromatic heterocycles. The molecule has 0 spiro atoms. The van der Waals surface area contributed by atoms with Crippen LogP contribution in [0.25, 0.3) is 0 Å². The number of furan rings is 1. The van der Waals surface area contributed by atoms with Gasteiger partial charge in [0.15, 0.2) is 0 Å². The Kier molecular flexibility index (Phi) is 4.82. The Morgan fingerprint density at radius 1 is 1.55 bits per heavy atom. The van der Waals surface area contributed by atoms with Gasteiger partial charge in [0.1, 0.15) is 5.76 Å². The van der Waals surface area contributed by atoms with Gasteiger partial charge >= 0.3 is 0 Å². The third-order valence-electron chi connectivity index (χ3n) is 3.59. The van der Waals surface area contributed by atoms with Crippen LogP contribution in [0.4, 0.5) is 0 Å². The molecule has 1 saturated heterocycles. The van der Waals surface area contributed by atoms with Gasteiger partial charge in [-0.2, -0.15) is 0 Å². The van der Waals surface area contributed by atoms with Crippen LogP contribution in [0.1, 0.15) is 25.0 Å². The van der Waals surface area contributed by atoms with Crippen LogP contribution in [0.15, 0.2) is 22.8 Å². The van der Waals surface area contributed by atoms with Crippen LogP contribution in [0.5, 0.6) is 0 Å². The highest BCUT2D eigenvalue weighted by Crippen LogP contribution is 2.20. The van der Waals surface area contributed by atoms with Gasteiger partial charge in [-0.05, 0) is 32.0 Å². The minimum atomic E-state index is -3.29. The third kappa shape index (κ3) is 3.83. The molecule has 0 aromatic carbocycles. The molecule has 1 aliphatic heterocycles. The molecular weight excluding hydrogens is 280 g/mol. The van der Waals surface area contributed by atoms with Crippen LogP contribution in [-0.4, -0.2) is 44.6 Å². The highest BCUT2D eigenvalue weighted by Gasteiger charge is 2.31. The molecule has 7 heteroatoms. The molecule has 2 rings (SSSR count). The number of amides is 1. The first kappa shape index (κ1) is 15.1. The van der Waals surface area contributed by atoms with Gasteiger partial charge in [-0.1, -0.05) is 0 Å². The summed E-state index contributed by atoms with van der Waals surface area (Å²) in [6.07, 6.45) is 4.08. The largest absolute Gasteiger partial charge is 0.469 e. The highest BCUT2D eigenvalue weighted by molar-refractivity contribution is 7.89. The van der Waals surface area contributed by atoms with Crippen molar-refractivity contribution < 1.29 is 17.6 Å². The number of sulfonamides is 1. The lowest BCUT2D eigenvalue weighted by molar-refractivity contribution is -0.131. The Labute approximate surface area is 119 Å². The van der Waals surface area contributed by atoms with E-state index < -0.39 is 10.0 Å². The first-order chi connectivity index (χ1) is 9.52. The Bertz CT molecular complexity index is 539. The average molecular weight is 300 g/mol. The number of rotatable bonds is 6. The second-order valence-corrected chi connectivity index (χ2v) is 6.92. The van der Waals surface area contributed by atoms with Crippen molar-refractivity contribution in [3.8, 4) is 0 Å². The zero-order valence-electron chi connectivity index (χ0n) is 11.5. The molecule has 1 amide bonds. The van der Waals surface area contributed by atoms with Crippen molar-refractivity contribution >= 4 is 15.9 Å². The second kappa shape index (κ2) is 6.41. The summed E-state index contributed by atoms with van der Waals surface area (Å²) in [5, 5.41) is 0. The second-order valence-electron chi connectivity index (χ2n) is 4.95. The Balaban J connectivity index is 1.91. The van der Waals surface area contributed by atoms with Gasteiger partial charge in [0, 0.05) is 25.4 Å². The molecule has 1 fully saturated rings. The molecule has 6 nitrogen and oxygen atoms in total. The van der Waals surface area contributed by atoms with E-state index in [4.69, 9.17) is 4.42 Å². The Hall–Kier alpha value is -1.34. The van der Waals surface area contributed by atoms with E-state index in [1.165, 1.54) is 7.05 Å². The van der Waals surface area contributed by atoms with E-state index in [1.54, 1.807) is 17.2 Å². The number of hydrogen-bond donors (Lipinski definition) is 1. The summed E-state index contributed by atoms with van der Waals surface area (Å²) in [6.45, 7) is 0.640. The van der Waals surface area contributed by atoms with E-state index in [-0.39, 0.29) is 17.7 Å². The van der Waals surface area contributed by atoms with Crippen molar-refractivity contribution in [1.29, 1.82) is 0 Å². The summed E-state index contributed by atoms with van der Waals surface area (Å²) in [5.74, 6) is 0.753. The predicted octanol–water partition coefficient (Wildman–Crippen LogP) is 0.752. The smallest absolute Gasteiger partial charge is 0.223 e. The van der Waals surface area contributed by atoms with Crippen LogP contribution >= 0.6 is 0 Å². The molecule has 1 aromatic rings. The molecule has 0 aliphatic carbocycles. The van der Waals surface area contributed by atoms with Gasteiger partial charge in [0.2, 0.25) is 15.9 Å². The van der Waals surface area contributed by atoms with Crippen molar-refractivity contribution in [1.82, 2.24) is 9.62 Å². The van der Waals surface area contributed by atoms with Gasteiger partial charge in [0.05, 0.1) is 12.0 Å². The fraction of sp³-hybridized carbons (Fsp3) is 0.615. The fourth-order valence-electron chi connectivity index (χ4n) is 2.50. The van der Waals surface area contributed by atoms with Gasteiger partial charge in [0.25, 0.3) is 0 Å². The molecule has 0 bridgehead atoms. The number of hydrogen-bond acceptors (Lipinski definition) is 4. The quantitative estimate of drug-likeness (QED) is 0.841. The summed E-state index contributed by atoms with van der Waals surface area (Å²) < 4.78 is 30.7. The summed E-state index contributed by atoms with van der Waals surface area (Å²) in [7, 11) is -1.89. The molecule has 1 aliphatic rings. The number of nitrogens with one attached hydrogen (secondary N) is 1. The van der Waals surface area contributed by atoms with Crippen LogP contribution in [-0.2, 0) is 21.2 Å². The molecule has 20 heavy (non-hydrogen) atoms. The molecule has 0 radical (unpaired) electrons. The summed E-state index contributed by atoms with van der Waals surface area (Å²) in [6, 6.07) is 3.41. The van der Waals surface area contributed by atoms with Crippen molar-refractivity contribution in [3.63, 3.8) is 0 Å². The SMILES string of the molecule is CNS(=O)(=O)CC1CCCN1C(=O)CCc1ccco1. The number of carbonyl (C=O) groups is 1. The Morgan fingerprint density at radius 3 is 3.00 bits per heavy atom. The molecular formula is C13H20N2O4S. The molecule has 1 unspecified atom stereocenters. The maximum absolute atomic E-state index is 12.2. The van der Waals surface area contributed by atoms with Gasteiger partial charge in [-0.25, -0.2) is 13.1 Å². The molecule has 2 heterocycles. The molecule has 112 valence electrons. The molecule has 1 N–H and O–H groups in total. The van der Waals surface area contributed by atoms with Crippen LogP contribution in [0, 0.1) is 0 Å². The van der Waals surface area contributed by atoms with Crippen LogP contribution < -0.4 is 4.72 Å². The summed E-state index contributed by atoms with van der Waals surface area (Å²) >= 11 is 0. The van der Waals surface area contributed by atoms with E-state index in [1.807, 2.05) is 6.07 Å². The topological polar surface area (TPSA) is 79.6 Å². The maximum Gasteiger partial charge on any atom is 0.223 e. The standard InChI is InChI=1S/C13H20N2O4S/c1-14-20(17,18)10-11-4-2-8-15(11)13(16)7-6-12-5-3-9-19-12/h3,5,9,11,14H,2,4,6-8,10H2,1H3. The van der Waals surface area contributed by atoms with Crippen LogP contribution in [0.3, 0.4) is 0 Å². The minimum Gasteiger partial charge on any atom is -0.469 e. The first-order valence-corrected chi connectivity index (χ1v) is 8.40. The normalized spacial score (nSPS) is 19.4. The van der Waals surface area contributed by atoms with Gasteiger partial charge in [-0.3, -0.25) is 4.79 Å². The Morgan fingerprint density at radius 2 is 2.35 bits per heavy atom. The van der Waals surface area contributed by atoms with E-state index in [0.29, 0.717) is 19.4 Å². The number of likely N-dealkylation sites (tertiary alicyclic amines) is 1. The third-order valence-corrected chi connectivity index (χ3v) is 5.03. The van der Waals surface area contributed by atoms with Gasteiger partial charge in [-0.15, -0.1) is 0 Å². The van der Waals surface area contributed by atoms with E-state index >= 15 is 0 Å². The number of nitrogens with zero attached hydrogens (tertiary/aromatic N) is 1. The van der Waals surface area contributed by atoms with Crippen molar-refractivity contribution in [2.45, 2.75) is 31.7 Å². The number of aryl methyl sites for hydroxylation is 1. The lowest BCUT2D eigenvalue weighted by Gasteiger charge is -2.24. The minimum absolute atomic E-state index is 0.00444. The van der Waals surface area contributed by atoms with Crippen LogP contribution in [0.2, 0.25) is 0 Å². The fourth-order valence-corrected chi connectivity index (χ4v) is 3.52. The van der Waals surface area contributed by atoms with Gasteiger partial charge < -0.3 is 9.32 Å². The van der Waals surface area contributed by atoms with E-state index in [2.05, 4.69) is 4.72 Å². The zero-order chi connectivity index (χ0) is 14.6.